The van der Waals surface area contributed by atoms with E-state index < -0.39 is 0 Å². The monoisotopic (exact) mass is 746 g/mol. The third-order valence-electron chi connectivity index (χ3n) is 7.68. The van der Waals surface area contributed by atoms with Crippen LogP contribution < -0.4 is 34.4 Å². The molecular weight excluding hydrogens is 719 g/mol. The normalized spacial score (nSPS) is 10.4. The average molecular weight is 749 g/mol. The molecule has 0 aliphatic rings. The molecular formula is C38H29BrCl2N8. The highest BCUT2D eigenvalue weighted by Gasteiger charge is 2.25. The number of hydrogen-bond donors (Lipinski definition) is 0. The molecule has 8 rings (SSSR count). The molecule has 8 nitrogen and oxygen atoms in total. The van der Waals surface area contributed by atoms with Gasteiger partial charge in [-0.1, -0.05) is 72.8 Å². The van der Waals surface area contributed by atoms with E-state index in [1.807, 2.05) is 141 Å². The molecule has 0 spiro atoms. The van der Waals surface area contributed by atoms with Crippen molar-refractivity contribution in [1.29, 1.82) is 0 Å². The predicted molar refractivity (Wildman–Crippen MR) is 186 cm³/mol. The lowest BCUT2D eigenvalue weighted by molar-refractivity contribution is -0.734. The van der Waals surface area contributed by atoms with Crippen molar-refractivity contribution >= 4 is 17.0 Å². The van der Waals surface area contributed by atoms with Gasteiger partial charge in [0.1, 0.15) is 11.4 Å². The maximum atomic E-state index is 4.88. The summed E-state index contributed by atoms with van der Waals surface area (Å²) >= 11 is 0. The van der Waals surface area contributed by atoms with Crippen LogP contribution in [0.3, 0.4) is 0 Å². The fourth-order valence-electron chi connectivity index (χ4n) is 5.34. The van der Waals surface area contributed by atoms with E-state index in [2.05, 4.69) is 48.5 Å². The van der Waals surface area contributed by atoms with E-state index in [1.165, 1.54) is 0 Å². The van der Waals surface area contributed by atoms with Gasteiger partial charge in [-0.15, -0.1) is 17.0 Å². The van der Waals surface area contributed by atoms with Gasteiger partial charge in [-0.05, 0) is 128 Å². The summed E-state index contributed by atoms with van der Waals surface area (Å²) in [5.41, 5.74) is 7.74. The molecule has 0 saturated heterocycles. The summed E-state index contributed by atoms with van der Waals surface area (Å²) < 4.78 is 0. The first-order valence-corrected chi connectivity index (χ1v) is 15.0. The fourth-order valence-corrected chi connectivity index (χ4v) is 5.34. The van der Waals surface area contributed by atoms with E-state index in [9.17, 15) is 0 Å². The Morgan fingerprint density at radius 1 is 0.347 bits per heavy atom. The Bertz CT molecular complexity index is 2070. The number of rotatable bonds is 7. The summed E-state index contributed by atoms with van der Waals surface area (Å²) in [5.74, 6) is 1.31. The van der Waals surface area contributed by atoms with Crippen molar-refractivity contribution in [3.63, 3.8) is 0 Å². The van der Waals surface area contributed by atoms with E-state index in [0.717, 1.165) is 45.0 Å². The van der Waals surface area contributed by atoms with E-state index >= 15 is 0 Å². The molecule has 0 unspecified atom stereocenters. The first-order chi connectivity index (χ1) is 22.8. The van der Waals surface area contributed by atoms with Gasteiger partial charge in [0.25, 0.3) is 0 Å². The third kappa shape index (κ3) is 7.19. The molecule has 0 aliphatic carbocycles. The van der Waals surface area contributed by atoms with Crippen molar-refractivity contribution < 1.29 is 34.4 Å². The van der Waals surface area contributed by atoms with Gasteiger partial charge in [0.2, 0.25) is 0 Å². The first-order valence-electron chi connectivity index (χ1n) is 15.0. The Morgan fingerprint density at radius 2 is 0.653 bits per heavy atom. The number of halogens is 3. The lowest BCUT2D eigenvalue weighted by Gasteiger charge is -2.04. The maximum absolute atomic E-state index is 4.88. The minimum atomic E-state index is 0. The van der Waals surface area contributed by atoms with Crippen molar-refractivity contribution in [3.8, 4) is 56.7 Å². The summed E-state index contributed by atoms with van der Waals surface area (Å²) in [7, 11) is 0. The smallest absolute Gasteiger partial charge is 0.340 e. The SMILES string of the molecule is Br.[Cl-].[Cl-].c1ccc(-c2nn(-c3ccccc3)[n+](-c3ccc(-c4ccc(-[n+]5nc(-c6ccccc6)nn5-c5ccccc5)cc4)cc3)n2)cc1. The van der Waals surface area contributed by atoms with Crippen molar-refractivity contribution in [1.82, 2.24) is 30.0 Å². The Hall–Kier alpha value is -5.48. The van der Waals surface area contributed by atoms with E-state index in [-0.39, 0.29) is 41.8 Å². The summed E-state index contributed by atoms with van der Waals surface area (Å²) in [6, 6.07) is 56.8. The highest BCUT2D eigenvalue weighted by atomic mass is 79.9. The number of hydrogen-bond acceptors (Lipinski definition) is 4. The van der Waals surface area contributed by atoms with Gasteiger partial charge in [0.05, 0.1) is 21.3 Å². The van der Waals surface area contributed by atoms with Crippen LogP contribution in [-0.2, 0) is 0 Å². The van der Waals surface area contributed by atoms with E-state index in [4.69, 9.17) is 20.4 Å². The van der Waals surface area contributed by atoms with Crippen molar-refractivity contribution in [3.05, 3.63) is 170 Å². The number of aromatic nitrogens is 8. The van der Waals surface area contributed by atoms with Gasteiger partial charge in [-0.25, -0.2) is 0 Å². The fraction of sp³-hybridized carbons (Fsp3) is 0. The molecule has 2 heterocycles. The molecule has 0 radical (unpaired) electrons. The second-order valence-electron chi connectivity index (χ2n) is 10.7. The highest BCUT2D eigenvalue weighted by Crippen LogP contribution is 2.22. The largest absolute Gasteiger partial charge is 1.00 e. The molecule has 0 amide bonds. The van der Waals surface area contributed by atoms with Gasteiger partial charge < -0.3 is 24.8 Å². The molecule has 0 bridgehead atoms. The van der Waals surface area contributed by atoms with Crippen LogP contribution >= 0.6 is 17.0 Å². The zero-order chi connectivity index (χ0) is 30.7. The molecule has 242 valence electrons. The van der Waals surface area contributed by atoms with Gasteiger partial charge in [-0.3, -0.25) is 0 Å². The zero-order valence-corrected chi connectivity index (χ0v) is 29.1. The number of tetrazole rings is 2. The molecule has 11 heteroatoms. The molecule has 2 aromatic heterocycles. The minimum absolute atomic E-state index is 0. The van der Waals surface area contributed by atoms with Crippen LogP contribution in [-0.4, -0.2) is 30.0 Å². The number of para-hydroxylation sites is 2. The molecule has 6 aromatic carbocycles. The Labute approximate surface area is 306 Å². The van der Waals surface area contributed by atoms with Crippen molar-refractivity contribution in [2.24, 2.45) is 0 Å². The van der Waals surface area contributed by atoms with Crippen LogP contribution in [0.5, 0.6) is 0 Å². The van der Waals surface area contributed by atoms with Crippen LogP contribution in [0.15, 0.2) is 170 Å². The highest BCUT2D eigenvalue weighted by molar-refractivity contribution is 8.93. The quantitative estimate of drug-likeness (QED) is 0.229. The lowest BCUT2D eigenvalue weighted by Crippen LogP contribution is -3.00. The van der Waals surface area contributed by atoms with Crippen LogP contribution in [0.4, 0.5) is 0 Å². The van der Waals surface area contributed by atoms with Crippen LogP contribution in [0, 0.1) is 0 Å². The molecule has 0 fully saturated rings. The van der Waals surface area contributed by atoms with Gasteiger partial charge in [0, 0.05) is 9.59 Å². The molecule has 0 aliphatic heterocycles. The first kappa shape index (κ1) is 34.8. The number of nitrogens with zero attached hydrogens (tertiary/aromatic N) is 8. The van der Waals surface area contributed by atoms with Crippen molar-refractivity contribution in [2.45, 2.75) is 0 Å². The predicted octanol–water partition coefficient (Wildman–Crippen LogP) is 0.988. The Kier molecular flexibility index (Phi) is 11.1. The zero-order valence-electron chi connectivity index (χ0n) is 25.9. The molecule has 49 heavy (non-hydrogen) atoms. The second kappa shape index (κ2) is 15.6. The molecule has 0 saturated carbocycles. The standard InChI is InChI=1S/C38H28N8.BrH.2ClH/c1-5-13-31(14-6-1)37-39-43(33-17-9-3-10-18-33)45(41-37)35-25-21-29(22-26-35)30-23-27-36(28-24-30)46-42-38(32-15-7-2-8-16-32)40-44(46)34-19-11-4-12-20-34;;;/h1-28H;3*1H/q+2;;;/p-2. The maximum Gasteiger partial charge on any atom is 0.340 e. The van der Waals surface area contributed by atoms with Crippen LogP contribution in [0.2, 0.25) is 0 Å². The topological polar surface area (TPSA) is 69.2 Å². The molecule has 8 aromatic rings. The van der Waals surface area contributed by atoms with E-state index in [1.54, 1.807) is 0 Å². The Balaban J connectivity index is 0.00000156. The van der Waals surface area contributed by atoms with Crippen LogP contribution in [0.1, 0.15) is 0 Å². The molecule has 0 atom stereocenters. The third-order valence-corrected chi connectivity index (χ3v) is 7.68. The lowest BCUT2D eigenvalue weighted by atomic mass is 10.1. The summed E-state index contributed by atoms with van der Waals surface area (Å²) in [6.45, 7) is 0. The Morgan fingerprint density at radius 3 is 0.980 bits per heavy atom. The van der Waals surface area contributed by atoms with E-state index in [0.29, 0.717) is 11.6 Å². The van der Waals surface area contributed by atoms with Gasteiger partial charge >= 0.3 is 11.6 Å². The summed E-state index contributed by atoms with van der Waals surface area (Å²) in [6.07, 6.45) is 0. The summed E-state index contributed by atoms with van der Waals surface area (Å²) in [4.78, 5) is 7.33. The molecule has 0 N–H and O–H groups in total. The summed E-state index contributed by atoms with van der Waals surface area (Å²) in [5, 5.41) is 19.5. The second-order valence-corrected chi connectivity index (χ2v) is 10.7. The van der Waals surface area contributed by atoms with Crippen LogP contribution in [0.25, 0.3) is 56.7 Å². The van der Waals surface area contributed by atoms with Gasteiger partial charge in [-0.2, -0.15) is 0 Å². The minimum Gasteiger partial charge on any atom is -1.00 e. The van der Waals surface area contributed by atoms with Crippen molar-refractivity contribution in [2.75, 3.05) is 0 Å². The average Bonchev–Trinajstić information content (AvgIpc) is 3.80. The van der Waals surface area contributed by atoms with Gasteiger partial charge in [0.15, 0.2) is 11.4 Å². The number of benzene rings is 6.